The fraction of sp³-hybridized carbons (Fsp3) is 0.500. The number of hydroxylamine groups is 1. The molecule has 1 saturated carbocycles. The third-order valence-electron chi connectivity index (χ3n) is 4.43. The summed E-state index contributed by atoms with van der Waals surface area (Å²) in [5, 5.41) is 9.28. The second-order valence-electron chi connectivity index (χ2n) is 6.33. The third-order valence-corrected chi connectivity index (χ3v) is 4.43. The van der Waals surface area contributed by atoms with E-state index in [1.165, 1.54) is 11.9 Å². The van der Waals surface area contributed by atoms with Gasteiger partial charge in [-0.05, 0) is 18.4 Å². The number of hydrogen-bond acceptors (Lipinski definition) is 4. The molecule has 0 radical (unpaired) electrons. The number of aliphatic carboxylic acids is 1. The quantitative estimate of drug-likeness (QED) is 0.730. The predicted octanol–water partition coefficient (Wildman–Crippen LogP) is 1.58. The van der Waals surface area contributed by atoms with Gasteiger partial charge in [-0.2, -0.15) is 0 Å². The zero-order chi connectivity index (χ0) is 18.2. The van der Waals surface area contributed by atoms with Gasteiger partial charge in [-0.3, -0.25) is 19.2 Å². The Morgan fingerprint density at radius 2 is 1.80 bits per heavy atom. The lowest BCUT2D eigenvalue weighted by molar-refractivity contribution is -0.153. The van der Waals surface area contributed by atoms with Crippen molar-refractivity contribution in [1.29, 1.82) is 0 Å². The molecule has 0 aromatic heterocycles. The summed E-state index contributed by atoms with van der Waals surface area (Å²) in [4.78, 5) is 42.1. The number of amides is 2. The summed E-state index contributed by atoms with van der Waals surface area (Å²) in [5.74, 6) is -2.92. The number of rotatable bonds is 7. The highest BCUT2D eigenvalue weighted by atomic mass is 16.6. The van der Waals surface area contributed by atoms with Crippen molar-refractivity contribution in [2.45, 2.75) is 32.3 Å². The normalized spacial score (nSPS) is 19.9. The lowest BCUT2D eigenvalue weighted by Crippen LogP contribution is -2.44. The summed E-state index contributed by atoms with van der Waals surface area (Å²) < 4.78 is 0. The Balaban J connectivity index is 1.79. The van der Waals surface area contributed by atoms with Gasteiger partial charge in [-0.1, -0.05) is 43.2 Å². The number of benzene rings is 1. The third kappa shape index (κ3) is 5.56. The summed E-state index contributed by atoms with van der Waals surface area (Å²) in [6, 6.07) is 9.37. The van der Waals surface area contributed by atoms with Crippen LogP contribution in [0, 0.1) is 11.8 Å². The first kappa shape index (κ1) is 18.9. The van der Waals surface area contributed by atoms with Gasteiger partial charge in [0.1, 0.15) is 6.54 Å². The summed E-state index contributed by atoms with van der Waals surface area (Å²) >= 11 is 0. The van der Waals surface area contributed by atoms with E-state index in [-0.39, 0.29) is 19.1 Å². The van der Waals surface area contributed by atoms with Gasteiger partial charge < -0.3 is 10.0 Å². The van der Waals surface area contributed by atoms with Gasteiger partial charge in [-0.15, -0.1) is 0 Å². The summed E-state index contributed by atoms with van der Waals surface area (Å²) in [7, 11) is 1.51. The average molecular weight is 348 g/mol. The molecule has 0 heterocycles. The molecule has 1 aromatic rings. The first-order valence-corrected chi connectivity index (χ1v) is 8.41. The smallest absolute Gasteiger partial charge is 0.307 e. The molecule has 7 nitrogen and oxygen atoms in total. The van der Waals surface area contributed by atoms with Crippen LogP contribution in [-0.2, 0) is 25.8 Å². The molecule has 0 aliphatic heterocycles. The van der Waals surface area contributed by atoms with Gasteiger partial charge in [0.25, 0.3) is 5.91 Å². The van der Waals surface area contributed by atoms with E-state index in [9.17, 15) is 19.5 Å². The van der Waals surface area contributed by atoms with Crippen LogP contribution in [0.1, 0.15) is 31.2 Å². The van der Waals surface area contributed by atoms with Crippen molar-refractivity contribution >= 4 is 17.8 Å². The minimum absolute atomic E-state index is 0.170. The first-order valence-electron chi connectivity index (χ1n) is 8.41. The van der Waals surface area contributed by atoms with Crippen LogP contribution in [0.25, 0.3) is 0 Å². The van der Waals surface area contributed by atoms with E-state index in [0.29, 0.717) is 12.8 Å². The Hall–Kier alpha value is -2.41. The van der Waals surface area contributed by atoms with Crippen LogP contribution in [0.15, 0.2) is 30.3 Å². The summed E-state index contributed by atoms with van der Waals surface area (Å²) in [6.45, 7) is 0.0599. The van der Waals surface area contributed by atoms with Crippen molar-refractivity contribution in [2.75, 3.05) is 13.6 Å². The predicted molar refractivity (Wildman–Crippen MR) is 90.1 cm³/mol. The highest BCUT2D eigenvalue weighted by molar-refractivity contribution is 5.88. The molecule has 0 bridgehead atoms. The number of nitrogens with zero attached hydrogens (tertiary/aromatic N) is 1. The van der Waals surface area contributed by atoms with E-state index in [1.807, 2.05) is 30.3 Å². The lowest BCUT2D eigenvalue weighted by Gasteiger charge is -2.30. The van der Waals surface area contributed by atoms with Crippen molar-refractivity contribution in [2.24, 2.45) is 11.8 Å². The van der Waals surface area contributed by atoms with Gasteiger partial charge in [0.2, 0.25) is 5.91 Å². The second kappa shape index (κ2) is 9.17. The first-order chi connectivity index (χ1) is 12.0. The molecular formula is C18H24N2O5. The number of hydrogen-bond donors (Lipinski definition) is 2. The molecule has 0 unspecified atom stereocenters. The number of carbonyl (C=O) groups excluding carboxylic acids is 2. The van der Waals surface area contributed by atoms with Gasteiger partial charge in [0.15, 0.2) is 0 Å². The monoisotopic (exact) mass is 348 g/mol. The number of nitrogens with one attached hydrogen (secondary N) is 1. The van der Waals surface area contributed by atoms with E-state index in [4.69, 9.17) is 4.84 Å². The van der Waals surface area contributed by atoms with Gasteiger partial charge in [0.05, 0.1) is 18.4 Å². The summed E-state index contributed by atoms with van der Waals surface area (Å²) in [6.07, 6.45) is 2.71. The van der Waals surface area contributed by atoms with Gasteiger partial charge in [-0.25, -0.2) is 5.48 Å². The van der Waals surface area contributed by atoms with E-state index in [1.54, 1.807) is 0 Å². The van der Waals surface area contributed by atoms with E-state index in [2.05, 4.69) is 5.48 Å². The van der Waals surface area contributed by atoms with Crippen molar-refractivity contribution in [3.05, 3.63) is 35.9 Å². The van der Waals surface area contributed by atoms with Crippen LogP contribution < -0.4 is 5.48 Å². The van der Waals surface area contributed by atoms with Crippen LogP contribution in [0.3, 0.4) is 0 Å². The molecule has 2 amide bonds. The molecule has 2 N–H and O–H groups in total. The Labute approximate surface area is 146 Å². The van der Waals surface area contributed by atoms with Crippen molar-refractivity contribution in [3.8, 4) is 0 Å². The lowest BCUT2D eigenvalue weighted by atomic mass is 9.78. The van der Waals surface area contributed by atoms with E-state index >= 15 is 0 Å². The highest BCUT2D eigenvalue weighted by Gasteiger charge is 2.37. The van der Waals surface area contributed by atoms with E-state index in [0.717, 1.165) is 18.4 Å². The fourth-order valence-electron chi connectivity index (χ4n) is 3.10. The molecule has 7 heteroatoms. The molecule has 2 atom stereocenters. The zero-order valence-electron chi connectivity index (χ0n) is 14.3. The number of likely N-dealkylation sites (N-methyl/N-ethyl adjacent to an activating group) is 1. The molecule has 2 rings (SSSR count). The second-order valence-corrected chi connectivity index (χ2v) is 6.33. The minimum atomic E-state index is -0.943. The van der Waals surface area contributed by atoms with Crippen LogP contribution >= 0.6 is 0 Å². The van der Waals surface area contributed by atoms with Crippen LogP contribution in [0.4, 0.5) is 0 Å². The maximum absolute atomic E-state index is 12.5. The molecule has 1 aliphatic carbocycles. The molecule has 136 valence electrons. The summed E-state index contributed by atoms with van der Waals surface area (Å²) in [5.41, 5.74) is 3.22. The SMILES string of the molecule is CN(CC(=O)NOCc1ccccc1)C(=O)[C@@H]1CCCC[C@H]1C(=O)O. The Bertz CT molecular complexity index is 605. The number of carboxylic acid groups (broad SMARTS) is 1. The molecule has 1 aliphatic rings. The molecule has 25 heavy (non-hydrogen) atoms. The molecule has 0 spiro atoms. The van der Waals surface area contributed by atoms with Crippen LogP contribution in [0.2, 0.25) is 0 Å². The molecular weight excluding hydrogens is 324 g/mol. The van der Waals surface area contributed by atoms with Crippen molar-refractivity contribution in [3.63, 3.8) is 0 Å². The number of carboxylic acids is 1. The standard InChI is InChI=1S/C18H24N2O5/c1-20(17(22)14-9-5-6-10-15(14)18(23)24)11-16(21)19-25-12-13-7-3-2-4-8-13/h2-4,7-8,14-15H,5-6,9-12H2,1H3,(H,19,21)(H,23,24)/t14-,15-/m1/s1. The maximum atomic E-state index is 12.5. The van der Waals surface area contributed by atoms with Gasteiger partial charge in [0, 0.05) is 7.05 Å². The Morgan fingerprint density at radius 1 is 1.16 bits per heavy atom. The average Bonchev–Trinajstić information content (AvgIpc) is 2.61. The minimum Gasteiger partial charge on any atom is -0.481 e. The Morgan fingerprint density at radius 3 is 2.44 bits per heavy atom. The maximum Gasteiger partial charge on any atom is 0.307 e. The number of carbonyl (C=O) groups is 3. The highest BCUT2D eigenvalue weighted by Crippen LogP contribution is 2.31. The van der Waals surface area contributed by atoms with Crippen molar-refractivity contribution in [1.82, 2.24) is 10.4 Å². The molecule has 1 fully saturated rings. The van der Waals surface area contributed by atoms with E-state index < -0.39 is 23.7 Å². The fourth-order valence-corrected chi connectivity index (χ4v) is 3.10. The molecule has 0 saturated heterocycles. The van der Waals surface area contributed by atoms with Gasteiger partial charge >= 0.3 is 5.97 Å². The molecule has 1 aromatic carbocycles. The van der Waals surface area contributed by atoms with Crippen LogP contribution in [-0.4, -0.2) is 41.4 Å². The topological polar surface area (TPSA) is 95.9 Å². The van der Waals surface area contributed by atoms with Crippen LogP contribution in [0.5, 0.6) is 0 Å². The Kier molecular flexibility index (Phi) is 6.94. The zero-order valence-corrected chi connectivity index (χ0v) is 14.3. The largest absolute Gasteiger partial charge is 0.481 e. The van der Waals surface area contributed by atoms with Crippen molar-refractivity contribution < 1.29 is 24.3 Å².